The lowest BCUT2D eigenvalue weighted by Crippen LogP contribution is -2.14. The molecule has 5 nitrogen and oxygen atoms in total. The molecule has 0 spiro atoms. The maximum atomic E-state index is 11.2. The van der Waals surface area contributed by atoms with Crippen molar-refractivity contribution in [2.75, 3.05) is 0 Å². The Balaban J connectivity index is 2.48. The van der Waals surface area contributed by atoms with Crippen LogP contribution in [0, 0.1) is 10.1 Å². The second-order valence-corrected chi connectivity index (χ2v) is 6.00. The van der Waals surface area contributed by atoms with Crippen LogP contribution in [-0.2, 0) is 12.0 Å². The fourth-order valence-electron chi connectivity index (χ4n) is 1.96. The highest BCUT2D eigenvalue weighted by Crippen LogP contribution is 2.36. The highest BCUT2D eigenvalue weighted by Gasteiger charge is 2.33. The van der Waals surface area contributed by atoms with Crippen molar-refractivity contribution in [3.05, 3.63) is 56.9 Å². The summed E-state index contributed by atoms with van der Waals surface area (Å²) in [6.45, 7) is 6.05. The topological polar surface area (TPSA) is 61.0 Å². The van der Waals surface area contributed by atoms with Crippen LogP contribution in [0.15, 0.2) is 30.3 Å². The van der Waals surface area contributed by atoms with Gasteiger partial charge in [0.2, 0.25) is 5.15 Å². The van der Waals surface area contributed by atoms with Gasteiger partial charge in [0.1, 0.15) is 5.69 Å². The summed E-state index contributed by atoms with van der Waals surface area (Å²) in [5, 5.41) is 15.6. The zero-order valence-corrected chi connectivity index (χ0v) is 12.4. The number of benzene rings is 1. The second kappa shape index (κ2) is 5.25. The van der Waals surface area contributed by atoms with Crippen LogP contribution in [0.1, 0.15) is 32.0 Å². The van der Waals surface area contributed by atoms with Crippen LogP contribution in [0.3, 0.4) is 0 Å². The number of rotatable bonds is 3. The molecule has 0 N–H and O–H groups in total. The van der Waals surface area contributed by atoms with Crippen LogP contribution in [0.25, 0.3) is 0 Å². The number of halogens is 1. The lowest BCUT2D eigenvalue weighted by atomic mass is 9.91. The van der Waals surface area contributed by atoms with E-state index in [1.165, 1.54) is 4.68 Å². The normalized spacial score (nSPS) is 11.6. The number of nitrogens with zero attached hydrogens (tertiary/aromatic N) is 3. The Morgan fingerprint density at radius 1 is 1.30 bits per heavy atom. The highest BCUT2D eigenvalue weighted by molar-refractivity contribution is 6.31. The number of nitro groups is 1. The molecule has 0 unspecified atom stereocenters. The van der Waals surface area contributed by atoms with Gasteiger partial charge in [-0.3, -0.25) is 10.1 Å². The molecule has 1 aromatic carbocycles. The van der Waals surface area contributed by atoms with Crippen molar-refractivity contribution in [2.45, 2.75) is 32.7 Å². The Labute approximate surface area is 122 Å². The van der Waals surface area contributed by atoms with Crippen LogP contribution in [0.2, 0.25) is 5.15 Å². The van der Waals surface area contributed by atoms with Crippen molar-refractivity contribution in [1.29, 1.82) is 0 Å². The van der Waals surface area contributed by atoms with E-state index in [1.807, 2.05) is 51.1 Å². The standard InChI is InChI=1S/C14H16ClN3O2/c1-14(2,3)12-11(18(19)20)13(15)17(16-12)9-10-7-5-4-6-8-10/h4-8H,9H2,1-3H3. The first-order chi connectivity index (χ1) is 9.30. The first-order valence-electron chi connectivity index (χ1n) is 6.26. The smallest absolute Gasteiger partial charge is 0.258 e. The molecule has 0 bridgehead atoms. The number of aromatic nitrogens is 2. The third-order valence-electron chi connectivity index (χ3n) is 2.94. The monoisotopic (exact) mass is 293 g/mol. The summed E-state index contributed by atoms with van der Waals surface area (Å²) in [4.78, 5) is 10.8. The predicted octanol–water partition coefficient (Wildman–Crippen LogP) is 3.79. The minimum Gasteiger partial charge on any atom is -0.258 e. The molecular weight excluding hydrogens is 278 g/mol. The zero-order chi connectivity index (χ0) is 14.9. The quantitative estimate of drug-likeness (QED) is 0.639. The SMILES string of the molecule is CC(C)(C)c1nn(Cc2ccccc2)c(Cl)c1[N+](=O)[O-]. The molecule has 0 aliphatic rings. The first kappa shape index (κ1) is 14.5. The molecule has 1 aromatic heterocycles. The molecule has 106 valence electrons. The molecule has 0 aliphatic carbocycles. The Morgan fingerprint density at radius 2 is 1.90 bits per heavy atom. The van der Waals surface area contributed by atoms with E-state index in [1.54, 1.807) is 0 Å². The van der Waals surface area contributed by atoms with Crippen LogP contribution >= 0.6 is 11.6 Å². The molecular formula is C14H16ClN3O2. The molecule has 2 aromatic rings. The van der Waals surface area contributed by atoms with Crippen molar-refractivity contribution in [1.82, 2.24) is 9.78 Å². The van der Waals surface area contributed by atoms with E-state index in [0.29, 0.717) is 12.2 Å². The highest BCUT2D eigenvalue weighted by atomic mass is 35.5. The van der Waals surface area contributed by atoms with E-state index in [9.17, 15) is 10.1 Å². The minimum absolute atomic E-state index is 0.0729. The Morgan fingerprint density at radius 3 is 2.35 bits per heavy atom. The largest absolute Gasteiger partial charge is 0.329 e. The van der Waals surface area contributed by atoms with Crippen molar-refractivity contribution >= 4 is 17.3 Å². The molecule has 1 heterocycles. The molecule has 20 heavy (non-hydrogen) atoms. The average Bonchev–Trinajstić information content (AvgIpc) is 2.68. The third-order valence-corrected chi connectivity index (χ3v) is 3.31. The van der Waals surface area contributed by atoms with E-state index in [4.69, 9.17) is 11.6 Å². The van der Waals surface area contributed by atoms with Gasteiger partial charge >= 0.3 is 5.69 Å². The van der Waals surface area contributed by atoms with E-state index >= 15 is 0 Å². The van der Waals surface area contributed by atoms with Gasteiger partial charge in [-0.1, -0.05) is 62.7 Å². The summed E-state index contributed by atoms with van der Waals surface area (Å²) in [6, 6.07) is 9.59. The van der Waals surface area contributed by atoms with Crippen molar-refractivity contribution in [2.24, 2.45) is 0 Å². The van der Waals surface area contributed by atoms with Crippen LogP contribution < -0.4 is 0 Å². The summed E-state index contributed by atoms with van der Waals surface area (Å²) < 4.78 is 1.48. The van der Waals surface area contributed by atoms with Gasteiger partial charge in [-0.2, -0.15) is 5.10 Å². The van der Waals surface area contributed by atoms with Gasteiger partial charge in [0.25, 0.3) is 0 Å². The molecule has 0 atom stereocenters. The molecule has 0 amide bonds. The van der Waals surface area contributed by atoms with E-state index in [2.05, 4.69) is 5.10 Å². The lowest BCUT2D eigenvalue weighted by Gasteiger charge is -2.13. The van der Waals surface area contributed by atoms with Crippen LogP contribution in [0.5, 0.6) is 0 Å². The fraction of sp³-hybridized carbons (Fsp3) is 0.357. The van der Waals surface area contributed by atoms with Gasteiger partial charge in [0, 0.05) is 5.41 Å². The average molecular weight is 294 g/mol. The molecule has 2 rings (SSSR count). The van der Waals surface area contributed by atoms with E-state index < -0.39 is 10.3 Å². The molecule has 6 heteroatoms. The van der Waals surface area contributed by atoms with Crippen molar-refractivity contribution in [3.63, 3.8) is 0 Å². The molecule has 0 radical (unpaired) electrons. The second-order valence-electron chi connectivity index (χ2n) is 5.64. The number of hydrogen-bond donors (Lipinski definition) is 0. The summed E-state index contributed by atoms with van der Waals surface area (Å²) in [5.41, 5.74) is 0.860. The predicted molar refractivity (Wildman–Crippen MR) is 78.1 cm³/mol. The van der Waals surface area contributed by atoms with Crippen LogP contribution in [0.4, 0.5) is 5.69 Å². The van der Waals surface area contributed by atoms with Crippen molar-refractivity contribution in [3.8, 4) is 0 Å². The third kappa shape index (κ3) is 2.82. The van der Waals surface area contributed by atoms with Gasteiger partial charge in [-0.15, -0.1) is 0 Å². The number of hydrogen-bond acceptors (Lipinski definition) is 3. The van der Waals surface area contributed by atoms with Gasteiger partial charge < -0.3 is 0 Å². The fourth-order valence-corrected chi connectivity index (χ4v) is 2.22. The van der Waals surface area contributed by atoms with Crippen LogP contribution in [-0.4, -0.2) is 14.7 Å². The Bertz CT molecular complexity index is 630. The lowest BCUT2D eigenvalue weighted by molar-refractivity contribution is -0.385. The maximum absolute atomic E-state index is 11.2. The first-order valence-corrected chi connectivity index (χ1v) is 6.63. The Hall–Kier alpha value is -1.88. The van der Waals surface area contributed by atoms with Gasteiger partial charge in [0.05, 0.1) is 11.5 Å². The summed E-state index contributed by atoms with van der Waals surface area (Å²) in [6.07, 6.45) is 0. The Kier molecular flexibility index (Phi) is 3.81. The van der Waals surface area contributed by atoms with Gasteiger partial charge in [-0.25, -0.2) is 4.68 Å². The van der Waals surface area contributed by atoms with E-state index in [-0.39, 0.29) is 10.8 Å². The minimum atomic E-state index is -0.461. The van der Waals surface area contributed by atoms with E-state index in [0.717, 1.165) is 5.56 Å². The molecule has 0 saturated carbocycles. The maximum Gasteiger partial charge on any atom is 0.329 e. The summed E-state index contributed by atoms with van der Waals surface area (Å²) in [5.74, 6) is 0. The molecule has 0 fully saturated rings. The molecule has 0 saturated heterocycles. The summed E-state index contributed by atoms with van der Waals surface area (Å²) in [7, 11) is 0. The van der Waals surface area contributed by atoms with Gasteiger partial charge in [-0.05, 0) is 5.56 Å². The van der Waals surface area contributed by atoms with Crippen molar-refractivity contribution < 1.29 is 4.92 Å². The summed E-state index contributed by atoms with van der Waals surface area (Å²) >= 11 is 6.14. The zero-order valence-electron chi connectivity index (χ0n) is 11.6. The van der Waals surface area contributed by atoms with Gasteiger partial charge in [0.15, 0.2) is 0 Å². The molecule has 0 aliphatic heterocycles.